The number of benzene rings is 1. The Hall–Kier alpha value is -1.39. The molecule has 4 heteroatoms. The summed E-state index contributed by atoms with van der Waals surface area (Å²) in [5.74, 6) is -0.0314. The lowest BCUT2D eigenvalue weighted by atomic mass is 10.2. The fourth-order valence-electron chi connectivity index (χ4n) is 2.02. The maximum Gasteiger partial charge on any atom is 0.165 e. The van der Waals surface area contributed by atoms with Crippen molar-refractivity contribution in [1.82, 2.24) is 10.2 Å². The molecule has 1 saturated heterocycles. The molecular formula is C14H19FN2O. The molecule has 0 aromatic heterocycles. The first-order valence-corrected chi connectivity index (χ1v) is 6.23. The molecule has 98 valence electrons. The van der Waals surface area contributed by atoms with Crippen molar-refractivity contribution in [2.24, 2.45) is 0 Å². The highest BCUT2D eigenvalue weighted by Gasteiger charge is 2.06. The van der Waals surface area contributed by atoms with Gasteiger partial charge in [0.05, 0.1) is 7.11 Å². The molecule has 0 aliphatic carbocycles. The molecule has 1 heterocycles. The summed E-state index contributed by atoms with van der Waals surface area (Å²) in [6.07, 6.45) is 4.02. The van der Waals surface area contributed by atoms with E-state index in [1.54, 1.807) is 6.07 Å². The van der Waals surface area contributed by atoms with Crippen molar-refractivity contribution in [2.45, 2.75) is 0 Å². The molecule has 1 aliphatic rings. The summed E-state index contributed by atoms with van der Waals surface area (Å²) >= 11 is 0. The van der Waals surface area contributed by atoms with E-state index in [2.05, 4.69) is 16.3 Å². The molecule has 0 bridgehead atoms. The van der Waals surface area contributed by atoms with Crippen LogP contribution in [0.5, 0.6) is 5.75 Å². The number of ether oxygens (including phenoxy) is 1. The minimum absolute atomic E-state index is 0.286. The van der Waals surface area contributed by atoms with Crippen LogP contribution in [0.15, 0.2) is 24.3 Å². The van der Waals surface area contributed by atoms with Crippen molar-refractivity contribution in [1.29, 1.82) is 0 Å². The largest absolute Gasteiger partial charge is 0.494 e. The first-order valence-electron chi connectivity index (χ1n) is 6.23. The zero-order valence-corrected chi connectivity index (χ0v) is 10.7. The standard InChI is InChI=1S/C14H19FN2O/c1-18-14-5-4-12(11-13(14)15)3-2-8-17-9-6-16-7-10-17/h2-5,11,16H,6-10H2,1H3/b3-2+. The highest BCUT2D eigenvalue weighted by Crippen LogP contribution is 2.18. The first-order chi connectivity index (χ1) is 8.79. The summed E-state index contributed by atoms with van der Waals surface area (Å²) in [5, 5.41) is 3.31. The van der Waals surface area contributed by atoms with Crippen LogP contribution in [0.1, 0.15) is 5.56 Å². The summed E-state index contributed by atoms with van der Waals surface area (Å²) in [4.78, 5) is 2.37. The van der Waals surface area contributed by atoms with Gasteiger partial charge in [-0.05, 0) is 17.7 Å². The van der Waals surface area contributed by atoms with Crippen LogP contribution in [0, 0.1) is 5.82 Å². The van der Waals surface area contributed by atoms with Crippen LogP contribution >= 0.6 is 0 Å². The van der Waals surface area contributed by atoms with E-state index in [1.807, 2.05) is 12.1 Å². The number of methoxy groups -OCH3 is 1. The fraction of sp³-hybridized carbons (Fsp3) is 0.429. The predicted molar refractivity (Wildman–Crippen MR) is 71.3 cm³/mol. The van der Waals surface area contributed by atoms with Crippen molar-refractivity contribution >= 4 is 6.08 Å². The van der Waals surface area contributed by atoms with E-state index in [-0.39, 0.29) is 11.6 Å². The van der Waals surface area contributed by atoms with Crippen molar-refractivity contribution in [3.8, 4) is 5.75 Å². The molecule has 0 unspecified atom stereocenters. The molecule has 2 rings (SSSR count). The van der Waals surface area contributed by atoms with Gasteiger partial charge in [-0.1, -0.05) is 18.2 Å². The predicted octanol–water partition coefficient (Wildman–Crippen LogP) is 1.75. The van der Waals surface area contributed by atoms with Crippen LogP contribution in [-0.2, 0) is 0 Å². The van der Waals surface area contributed by atoms with E-state index < -0.39 is 0 Å². The van der Waals surface area contributed by atoms with Gasteiger partial charge in [-0.3, -0.25) is 4.90 Å². The molecule has 0 spiro atoms. The molecule has 1 N–H and O–H groups in total. The molecule has 0 saturated carbocycles. The van der Waals surface area contributed by atoms with Gasteiger partial charge >= 0.3 is 0 Å². The topological polar surface area (TPSA) is 24.5 Å². The minimum atomic E-state index is -0.318. The molecular weight excluding hydrogens is 231 g/mol. The second kappa shape index (κ2) is 6.52. The Labute approximate surface area is 107 Å². The number of hydrogen-bond acceptors (Lipinski definition) is 3. The van der Waals surface area contributed by atoms with Crippen LogP contribution in [0.3, 0.4) is 0 Å². The van der Waals surface area contributed by atoms with Crippen LogP contribution in [-0.4, -0.2) is 44.7 Å². The SMILES string of the molecule is COc1ccc(/C=C/CN2CCNCC2)cc1F. The van der Waals surface area contributed by atoms with Gasteiger partial charge in [-0.25, -0.2) is 4.39 Å². The molecule has 0 atom stereocenters. The Morgan fingerprint density at radius 1 is 1.39 bits per heavy atom. The van der Waals surface area contributed by atoms with E-state index in [1.165, 1.54) is 13.2 Å². The zero-order chi connectivity index (χ0) is 12.8. The average Bonchev–Trinajstić information content (AvgIpc) is 2.40. The molecule has 1 aliphatic heterocycles. The van der Waals surface area contributed by atoms with Crippen molar-refractivity contribution in [2.75, 3.05) is 39.8 Å². The van der Waals surface area contributed by atoms with E-state index in [9.17, 15) is 4.39 Å². The molecule has 3 nitrogen and oxygen atoms in total. The number of hydrogen-bond donors (Lipinski definition) is 1. The molecule has 1 aromatic rings. The summed E-state index contributed by atoms with van der Waals surface area (Å²) < 4.78 is 18.3. The Morgan fingerprint density at radius 2 is 2.17 bits per heavy atom. The third-order valence-electron chi connectivity index (χ3n) is 3.06. The van der Waals surface area contributed by atoms with Gasteiger partial charge in [0.1, 0.15) is 0 Å². The van der Waals surface area contributed by atoms with Gasteiger partial charge in [-0.15, -0.1) is 0 Å². The van der Waals surface area contributed by atoms with Gasteiger partial charge in [-0.2, -0.15) is 0 Å². The highest BCUT2D eigenvalue weighted by molar-refractivity contribution is 5.51. The highest BCUT2D eigenvalue weighted by atomic mass is 19.1. The monoisotopic (exact) mass is 250 g/mol. The number of piperazine rings is 1. The number of nitrogens with one attached hydrogen (secondary N) is 1. The van der Waals surface area contributed by atoms with E-state index in [4.69, 9.17) is 4.74 Å². The summed E-state index contributed by atoms with van der Waals surface area (Å²) in [5.41, 5.74) is 0.864. The second-order valence-corrected chi connectivity index (χ2v) is 4.35. The smallest absolute Gasteiger partial charge is 0.165 e. The maximum absolute atomic E-state index is 13.5. The lowest BCUT2D eigenvalue weighted by Crippen LogP contribution is -2.43. The van der Waals surface area contributed by atoms with Crippen molar-refractivity contribution in [3.63, 3.8) is 0 Å². The summed E-state index contributed by atoms with van der Waals surface area (Å²) in [6.45, 7) is 5.15. The van der Waals surface area contributed by atoms with Crippen LogP contribution in [0.2, 0.25) is 0 Å². The first kappa shape index (κ1) is 13.1. The van der Waals surface area contributed by atoms with Crippen LogP contribution in [0.25, 0.3) is 6.08 Å². The van der Waals surface area contributed by atoms with Gasteiger partial charge < -0.3 is 10.1 Å². The quantitative estimate of drug-likeness (QED) is 0.881. The number of halogens is 1. The third kappa shape index (κ3) is 3.55. The Kier molecular flexibility index (Phi) is 4.73. The van der Waals surface area contributed by atoms with Crippen LogP contribution < -0.4 is 10.1 Å². The minimum Gasteiger partial charge on any atom is -0.494 e. The molecule has 1 aromatic carbocycles. The lowest BCUT2D eigenvalue weighted by Gasteiger charge is -2.25. The molecule has 0 radical (unpaired) electrons. The van der Waals surface area contributed by atoms with Gasteiger partial charge in [0, 0.05) is 32.7 Å². The Balaban J connectivity index is 1.90. The van der Waals surface area contributed by atoms with Gasteiger partial charge in [0.25, 0.3) is 0 Å². The normalized spacial score (nSPS) is 17.2. The van der Waals surface area contributed by atoms with Gasteiger partial charge in [0.2, 0.25) is 0 Å². The number of rotatable bonds is 4. The maximum atomic E-state index is 13.5. The summed E-state index contributed by atoms with van der Waals surface area (Å²) in [7, 11) is 1.47. The van der Waals surface area contributed by atoms with E-state index >= 15 is 0 Å². The summed E-state index contributed by atoms with van der Waals surface area (Å²) in [6, 6.07) is 5.00. The van der Waals surface area contributed by atoms with Gasteiger partial charge in [0.15, 0.2) is 11.6 Å². The van der Waals surface area contributed by atoms with Crippen molar-refractivity contribution in [3.05, 3.63) is 35.7 Å². The average molecular weight is 250 g/mol. The number of nitrogens with zero attached hydrogens (tertiary/aromatic N) is 1. The van der Waals surface area contributed by atoms with Crippen LogP contribution in [0.4, 0.5) is 4.39 Å². The third-order valence-corrected chi connectivity index (χ3v) is 3.06. The Bertz CT molecular complexity index is 414. The van der Waals surface area contributed by atoms with E-state index in [0.717, 1.165) is 38.3 Å². The zero-order valence-electron chi connectivity index (χ0n) is 10.7. The van der Waals surface area contributed by atoms with E-state index in [0.29, 0.717) is 0 Å². The molecule has 1 fully saturated rings. The fourth-order valence-corrected chi connectivity index (χ4v) is 2.02. The van der Waals surface area contributed by atoms with Crippen molar-refractivity contribution < 1.29 is 9.13 Å². The second-order valence-electron chi connectivity index (χ2n) is 4.35. The molecule has 0 amide bonds. The Morgan fingerprint density at radius 3 is 2.83 bits per heavy atom. The molecule has 18 heavy (non-hydrogen) atoms. The lowest BCUT2D eigenvalue weighted by molar-refractivity contribution is 0.265.